The second-order valence-electron chi connectivity index (χ2n) is 19.0. The van der Waals surface area contributed by atoms with Gasteiger partial charge in [-0.3, -0.25) is 9.69 Å². The van der Waals surface area contributed by atoms with Gasteiger partial charge in [-0.25, -0.2) is 8.78 Å². The van der Waals surface area contributed by atoms with Gasteiger partial charge in [0.05, 0.1) is 24.4 Å². The van der Waals surface area contributed by atoms with Gasteiger partial charge in [0.15, 0.2) is 17.4 Å². The molecule has 2 spiro atoms. The van der Waals surface area contributed by atoms with Gasteiger partial charge < -0.3 is 20.4 Å². The van der Waals surface area contributed by atoms with Gasteiger partial charge in [-0.05, 0) is 123 Å². The van der Waals surface area contributed by atoms with Crippen LogP contribution in [0, 0.1) is 68.3 Å². The predicted octanol–water partition coefficient (Wildman–Crippen LogP) is 6.47. The van der Waals surface area contributed by atoms with E-state index in [1.807, 2.05) is 0 Å². The average molecular weight is 694 g/mol. The molecule has 4 N–H and O–H groups in total. The summed E-state index contributed by atoms with van der Waals surface area (Å²) >= 11 is 0. The van der Waals surface area contributed by atoms with Crippen LogP contribution in [0.2, 0.25) is 0 Å². The first-order chi connectivity index (χ1) is 23.5. The van der Waals surface area contributed by atoms with Crippen molar-refractivity contribution in [3.8, 4) is 0 Å². The zero-order valence-corrected chi connectivity index (χ0v) is 30.3. The van der Waals surface area contributed by atoms with E-state index in [1.54, 1.807) is 0 Å². The van der Waals surface area contributed by atoms with Gasteiger partial charge in [-0.1, -0.05) is 45.9 Å². The highest BCUT2D eigenvalue weighted by Crippen LogP contribution is 2.78. The fraction of sp³-hybridized carbons (Fsp3) is 0.738. The normalized spacial score (nSPS) is 45.7. The Morgan fingerprint density at radius 3 is 2.38 bits per heavy atom. The number of aliphatic hydroxyl groups excluding tert-OH is 3. The van der Waals surface area contributed by atoms with Crippen LogP contribution in [-0.4, -0.2) is 75.2 Å². The first-order valence-corrected chi connectivity index (χ1v) is 19.4. The molecule has 0 amide bonds. The van der Waals surface area contributed by atoms with E-state index >= 15 is 0 Å². The zero-order valence-electron chi connectivity index (χ0n) is 30.3. The molecule has 10 rings (SSSR count). The smallest absolute Gasteiger partial charge is 0.189 e. The minimum Gasteiger partial charge on any atom is -0.394 e. The molecule has 6 nitrogen and oxygen atoms in total. The average Bonchev–Trinajstić information content (AvgIpc) is 3.35. The molecule has 0 heterocycles. The highest BCUT2D eigenvalue weighted by molar-refractivity contribution is 6.10. The Morgan fingerprint density at radius 1 is 0.960 bits per heavy atom. The third kappa shape index (κ3) is 4.63. The zero-order chi connectivity index (χ0) is 35.6. The summed E-state index contributed by atoms with van der Waals surface area (Å²) in [7, 11) is 0. The lowest BCUT2D eigenvalue weighted by atomic mass is 9.32. The lowest BCUT2D eigenvalue weighted by molar-refractivity contribution is -0.179. The van der Waals surface area contributed by atoms with Gasteiger partial charge in [0.2, 0.25) is 0 Å². The maximum absolute atomic E-state index is 14.7. The van der Waals surface area contributed by atoms with Crippen molar-refractivity contribution < 1.29 is 34.0 Å². The maximum atomic E-state index is 14.7. The van der Waals surface area contributed by atoms with E-state index in [9.17, 15) is 34.0 Å². The summed E-state index contributed by atoms with van der Waals surface area (Å²) in [6.45, 7) is 10.4. The van der Waals surface area contributed by atoms with Crippen molar-refractivity contribution in [3.05, 3.63) is 59.2 Å². The topological polar surface area (TPSA) is 101 Å². The molecule has 9 aliphatic carbocycles. The number of halogens is 2. The first-order valence-electron chi connectivity index (χ1n) is 19.4. The highest BCUT2D eigenvalue weighted by Gasteiger charge is 2.74. The summed E-state index contributed by atoms with van der Waals surface area (Å²) in [4.78, 5) is 16.9. The van der Waals surface area contributed by atoms with Gasteiger partial charge in [0.25, 0.3) is 0 Å². The van der Waals surface area contributed by atoms with Crippen LogP contribution >= 0.6 is 0 Å². The van der Waals surface area contributed by atoms with E-state index in [-0.39, 0.29) is 35.2 Å². The molecule has 274 valence electrons. The lowest BCUT2D eigenvalue weighted by Gasteiger charge is -2.71. The molecule has 8 heteroatoms. The van der Waals surface area contributed by atoms with E-state index in [4.69, 9.17) is 0 Å². The maximum Gasteiger partial charge on any atom is 0.189 e. The Balaban J connectivity index is 1.17. The van der Waals surface area contributed by atoms with Crippen LogP contribution in [0.25, 0.3) is 0 Å². The van der Waals surface area contributed by atoms with Gasteiger partial charge in [-0.15, -0.1) is 0 Å². The number of benzene rings is 1. The Morgan fingerprint density at radius 2 is 1.68 bits per heavy atom. The van der Waals surface area contributed by atoms with E-state index in [1.165, 1.54) is 18.9 Å². The Labute approximate surface area is 296 Å². The summed E-state index contributed by atoms with van der Waals surface area (Å²) in [5.41, 5.74) is -2.06. The van der Waals surface area contributed by atoms with Crippen LogP contribution in [0.4, 0.5) is 8.78 Å². The molecule has 4 bridgehead atoms. The number of carbonyl (C=O) groups is 1. The molecular formula is C42H57F2NO5. The molecule has 50 heavy (non-hydrogen) atoms. The first kappa shape index (κ1) is 35.1. The molecule has 0 aliphatic heterocycles. The second kappa shape index (κ2) is 11.5. The third-order valence-corrected chi connectivity index (χ3v) is 16.8. The minimum absolute atomic E-state index is 0.0805. The van der Waals surface area contributed by atoms with E-state index in [0.29, 0.717) is 61.6 Å². The van der Waals surface area contributed by atoms with Crippen LogP contribution in [0.5, 0.6) is 0 Å². The number of ketones is 1. The third-order valence-electron chi connectivity index (χ3n) is 16.8. The number of carbonyl (C=O) groups excluding carboxylic acids is 1. The summed E-state index contributed by atoms with van der Waals surface area (Å²) < 4.78 is 28.7. The summed E-state index contributed by atoms with van der Waals surface area (Å²) in [6, 6.07) is 3.41. The molecular weight excluding hydrogens is 636 g/mol. The van der Waals surface area contributed by atoms with Crippen molar-refractivity contribution in [2.75, 3.05) is 26.2 Å². The molecule has 1 aromatic carbocycles. The molecule has 12 atom stereocenters. The lowest BCUT2D eigenvalue weighted by Crippen LogP contribution is -2.67. The molecule has 6 fully saturated rings. The van der Waals surface area contributed by atoms with Gasteiger partial charge in [0, 0.05) is 47.0 Å². The molecule has 9 aliphatic rings. The Hall–Kier alpha value is -1.97. The summed E-state index contributed by atoms with van der Waals surface area (Å²) in [5, 5.41) is 44.6. The van der Waals surface area contributed by atoms with E-state index in [0.717, 1.165) is 50.3 Å². The fourth-order valence-electron chi connectivity index (χ4n) is 13.8. The monoisotopic (exact) mass is 693 g/mol. The number of rotatable bonds is 9. The molecule has 12 unspecified atom stereocenters. The molecule has 1 aromatic rings. The van der Waals surface area contributed by atoms with Gasteiger partial charge in [0.1, 0.15) is 0 Å². The number of aliphatic hydroxyl groups is 4. The Bertz CT molecular complexity index is 1620. The van der Waals surface area contributed by atoms with Crippen molar-refractivity contribution in [1.82, 2.24) is 4.90 Å². The standard InChI is InChI=1S/C42H57F2NO5/c1-37(2)27-7-5-26(30(37)18-27)21-45(22-29(48)23-46)24-41(50)14-11-35-39(41,4)13-10-34-38(3)12-9-28(47)19-40(38)15-16-42(34,35)31(20-40)36(49)25-6-8-32(43)33(44)17-25/h6,8,15-17,20,26-30,34-35,46-48,50H,5,7,9-14,18-19,21-24H2,1-4H3. The largest absolute Gasteiger partial charge is 0.394 e. The van der Waals surface area contributed by atoms with Crippen LogP contribution in [0.15, 0.2) is 42.0 Å². The van der Waals surface area contributed by atoms with Crippen molar-refractivity contribution in [1.29, 1.82) is 0 Å². The van der Waals surface area contributed by atoms with Gasteiger partial charge >= 0.3 is 0 Å². The highest BCUT2D eigenvalue weighted by atomic mass is 19.2. The number of hydrogen-bond acceptors (Lipinski definition) is 6. The van der Waals surface area contributed by atoms with Crippen LogP contribution in [0.1, 0.15) is 102 Å². The quantitative estimate of drug-likeness (QED) is 0.175. The minimum atomic E-state index is -1.10. The number of hydrogen-bond donors (Lipinski definition) is 4. The van der Waals surface area contributed by atoms with Crippen molar-refractivity contribution >= 4 is 5.78 Å². The molecule has 6 saturated carbocycles. The van der Waals surface area contributed by atoms with Crippen molar-refractivity contribution in [3.63, 3.8) is 0 Å². The van der Waals surface area contributed by atoms with Crippen molar-refractivity contribution in [2.24, 2.45) is 56.7 Å². The van der Waals surface area contributed by atoms with Crippen molar-refractivity contribution in [2.45, 2.75) is 110 Å². The number of fused-ring (bicyclic) bond motifs is 3. The second-order valence-corrected chi connectivity index (χ2v) is 19.0. The number of allylic oxidation sites excluding steroid dienone is 4. The van der Waals surface area contributed by atoms with E-state index in [2.05, 4.69) is 50.8 Å². The van der Waals surface area contributed by atoms with E-state index < -0.39 is 45.7 Å². The number of Topliss-reactive ketones (excluding diaryl/α,β-unsaturated/α-hetero) is 1. The Kier molecular flexibility index (Phi) is 8.08. The molecule has 0 radical (unpaired) electrons. The number of nitrogens with zero attached hydrogens (tertiary/aromatic N) is 1. The summed E-state index contributed by atoms with van der Waals surface area (Å²) in [5.74, 6) is -0.469. The summed E-state index contributed by atoms with van der Waals surface area (Å²) in [6.07, 6.45) is 13.7. The van der Waals surface area contributed by atoms with Crippen LogP contribution < -0.4 is 0 Å². The fourth-order valence-corrected chi connectivity index (χ4v) is 13.8. The predicted molar refractivity (Wildman–Crippen MR) is 187 cm³/mol. The van der Waals surface area contributed by atoms with Crippen LogP contribution in [0.3, 0.4) is 0 Å². The molecule has 0 aromatic heterocycles. The van der Waals surface area contributed by atoms with Gasteiger partial charge in [-0.2, -0.15) is 0 Å². The SMILES string of the molecule is CC1(C)C2CCC(CN(CC(O)CO)CC3(O)CCC4C56C=CC7(C=C5C(=O)c5ccc(F)c(F)c5)CC(O)CCC7(C)C6CCC43C)C1C2. The molecule has 0 saturated heterocycles. The van der Waals surface area contributed by atoms with Crippen LogP contribution in [-0.2, 0) is 0 Å².